The number of carbonyl (C=O) groups is 1. The molecule has 1 aliphatic rings. The zero-order valence-electron chi connectivity index (χ0n) is 17.7. The molecule has 0 aromatic heterocycles. The van der Waals surface area contributed by atoms with E-state index in [4.69, 9.17) is 16.3 Å². The lowest BCUT2D eigenvalue weighted by atomic mass is 10.1. The van der Waals surface area contributed by atoms with Gasteiger partial charge >= 0.3 is 0 Å². The number of benzene rings is 2. The van der Waals surface area contributed by atoms with E-state index in [2.05, 4.69) is 4.72 Å². The summed E-state index contributed by atoms with van der Waals surface area (Å²) in [5, 5.41) is 0.211. The molecule has 1 atom stereocenters. The van der Waals surface area contributed by atoms with Gasteiger partial charge in [-0.1, -0.05) is 54.8 Å². The maximum Gasteiger partial charge on any atom is 0.241 e. The molecule has 1 amide bonds. The fraction of sp³-hybridized carbons (Fsp3) is 0.435. The van der Waals surface area contributed by atoms with Crippen molar-refractivity contribution in [1.29, 1.82) is 0 Å². The third-order valence-corrected chi connectivity index (χ3v) is 7.07. The second-order valence-corrected chi connectivity index (χ2v) is 9.75. The summed E-state index contributed by atoms with van der Waals surface area (Å²) in [4.78, 5) is 15.1. The summed E-state index contributed by atoms with van der Waals surface area (Å²) in [6.45, 7) is 3.56. The number of amides is 1. The fourth-order valence-electron chi connectivity index (χ4n) is 3.72. The van der Waals surface area contributed by atoms with E-state index in [0.29, 0.717) is 25.4 Å². The fourth-order valence-corrected chi connectivity index (χ4v) is 5.23. The van der Waals surface area contributed by atoms with Crippen molar-refractivity contribution in [3.63, 3.8) is 0 Å². The number of nitrogens with zero attached hydrogens (tertiary/aromatic N) is 1. The summed E-state index contributed by atoms with van der Waals surface area (Å²) in [6, 6.07) is 12.9. The first kappa shape index (κ1) is 23.6. The topological polar surface area (TPSA) is 75.7 Å². The average Bonchev–Trinajstić information content (AvgIpc) is 3.04. The molecule has 0 unspecified atom stereocenters. The van der Waals surface area contributed by atoms with Gasteiger partial charge < -0.3 is 9.64 Å². The van der Waals surface area contributed by atoms with Crippen molar-refractivity contribution >= 4 is 27.5 Å². The quantitative estimate of drug-likeness (QED) is 0.639. The molecule has 31 heavy (non-hydrogen) atoms. The number of hydrogen-bond acceptors (Lipinski definition) is 4. The van der Waals surface area contributed by atoms with Crippen molar-refractivity contribution in [3.05, 3.63) is 59.1 Å². The molecule has 1 saturated heterocycles. The molecule has 1 aliphatic heterocycles. The molecule has 6 nitrogen and oxygen atoms in total. The molecule has 0 bridgehead atoms. The highest BCUT2D eigenvalue weighted by atomic mass is 35.5. The smallest absolute Gasteiger partial charge is 0.241 e. The highest BCUT2D eigenvalue weighted by Gasteiger charge is 2.30. The van der Waals surface area contributed by atoms with Gasteiger partial charge in [0, 0.05) is 13.1 Å². The van der Waals surface area contributed by atoms with Crippen molar-refractivity contribution in [2.45, 2.75) is 50.0 Å². The van der Waals surface area contributed by atoms with Crippen LogP contribution in [0.15, 0.2) is 53.4 Å². The Balaban J connectivity index is 1.85. The van der Waals surface area contributed by atoms with Gasteiger partial charge in [0.1, 0.15) is 11.8 Å². The van der Waals surface area contributed by atoms with Crippen molar-refractivity contribution in [2.24, 2.45) is 0 Å². The van der Waals surface area contributed by atoms with Crippen LogP contribution in [-0.4, -0.2) is 45.0 Å². The van der Waals surface area contributed by atoms with E-state index < -0.39 is 16.1 Å². The Labute approximate surface area is 189 Å². The Hall–Kier alpha value is -2.09. The first-order valence-electron chi connectivity index (χ1n) is 10.7. The van der Waals surface area contributed by atoms with Crippen molar-refractivity contribution in [3.8, 4) is 5.75 Å². The number of sulfonamides is 1. The lowest BCUT2D eigenvalue weighted by Crippen LogP contribution is -2.49. The minimum atomic E-state index is -3.96. The number of halogens is 1. The molecule has 3 rings (SSSR count). The molecule has 1 heterocycles. The predicted molar refractivity (Wildman–Crippen MR) is 122 cm³/mol. The predicted octanol–water partition coefficient (Wildman–Crippen LogP) is 4.03. The molecule has 1 fully saturated rings. The third-order valence-electron chi connectivity index (χ3n) is 5.31. The Morgan fingerprint density at radius 2 is 1.77 bits per heavy atom. The molecule has 2 aromatic carbocycles. The Kier molecular flexibility index (Phi) is 8.35. The van der Waals surface area contributed by atoms with Crippen LogP contribution >= 0.6 is 11.6 Å². The van der Waals surface area contributed by atoms with E-state index in [1.165, 1.54) is 18.2 Å². The normalized spacial score (nSPS) is 15.9. The molecule has 0 aliphatic carbocycles. The van der Waals surface area contributed by atoms with Gasteiger partial charge in [0.05, 0.1) is 16.5 Å². The molecular weight excluding hydrogens is 436 g/mol. The first-order valence-corrected chi connectivity index (χ1v) is 12.5. The number of rotatable bonds is 8. The van der Waals surface area contributed by atoms with E-state index >= 15 is 0 Å². The molecule has 8 heteroatoms. The second-order valence-electron chi connectivity index (χ2n) is 7.63. The number of hydrogen-bond donors (Lipinski definition) is 1. The van der Waals surface area contributed by atoms with E-state index in [0.717, 1.165) is 31.2 Å². The maximum atomic E-state index is 13.3. The van der Waals surface area contributed by atoms with E-state index in [9.17, 15) is 13.2 Å². The molecule has 0 saturated carbocycles. The third kappa shape index (κ3) is 6.45. The summed E-state index contributed by atoms with van der Waals surface area (Å²) in [6.07, 6.45) is 4.32. The van der Waals surface area contributed by atoms with Crippen LogP contribution in [0, 0.1) is 0 Å². The van der Waals surface area contributed by atoms with Crippen LogP contribution in [-0.2, 0) is 21.2 Å². The number of likely N-dealkylation sites (tertiary alicyclic amines) is 1. The van der Waals surface area contributed by atoms with Crippen molar-refractivity contribution < 1.29 is 17.9 Å². The summed E-state index contributed by atoms with van der Waals surface area (Å²) in [7, 11) is -3.96. The lowest BCUT2D eigenvalue weighted by molar-refractivity contribution is -0.132. The van der Waals surface area contributed by atoms with Crippen LogP contribution in [0.1, 0.15) is 38.2 Å². The Bertz CT molecular complexity index is 974. The van der Waals surface area contributed by atoms with Crippen LogP contribution in [0.2, 0.25) is 5.02 Å². The van der Waals surface area contributed by atoms with Crippen molar-refractivity contribution in [1.82, 2.24) is 9.62 Å². The Morgan fingerprint density at radius 1 is 1.10 bits per heavy atom. The molecule has 0 radical (unpaired) electrons. The first-order chi connectivity index (χ1) is 14.9. The minimum Gasteiger partial charge on any atom is -0.492 e. The summed E-state index contributed by atoms with van der Waals surface area (Å²) >= 11 is 6.19. The molecule has 1 N–H and O–H groups in total. The van der Waals surface area contributed by atoms with Gasteiger partial charge in [-0.25, -0.2) is 8.42 Å². The van der Waals surface area contributed by atoms with Gasteiger partial charge in [-0.3, -0.25) is 4.79 Å². The number of ether oxygens (including phenoxy) is 1. The zero-order valence-corrected chi connectivity index (χ0v) is 19.3. The van der Waals surface area contributed by atoms with Crippen LogP contribution in [0.3, 0.4) is 0 Å². The summed E-state index contributed by atoms with van der Waals surface area (Å²) < 4.78 is 34.3. The van der Waals surface area contributed by atoms with Gasteiger partial charge in [0.25, 0.3) is 0 Å². The minimum absolute atomic E-state index is 0.00248. The van der Waals surface area contributed by atoms with Crippen LogP contribution in [0.5, 0.6) is 5.75 Å². The Morgan fingerprint density at radius 3 is 2.39 bits per heavy atom. The van der Waals surface area contributed by atoms with Gasteiger partial charge in [0.2, 0.25) is 15.9 Å². The highest BCUT2D eigenvalue weighted by Crippen LogP contribution is 2.27. The molecule has 168 valence electrons. The average molecular weight is 465 g/mol. The lowest BCUT2D eigenvalue weighted by Gasteiger charge is -2.27. The maximum absolute atomic E-state index is 13.3. The van der Waals surface area contributed by atoms with E-state index in [1.54, 1.807) is 4.90 Å². The largest absolute Gasteiger partial charge is 0.492 e. The highest BCUT2D eigenvalue weighted by molar-refractivity contribution is 7.89. The second kappa shape index (κ2) is 11.0. The molecule has 0 spiro atoms. The summed E-state index contributed by atoms with van der Waals surface area (Å²) in [5.74, 6) is 0.232. The van der Waals surface area contributed by atoms with Gasteiger partial charge in [-0.15, -0.1) is 0 Å². The van der Waals surface area contributed by atoms with Crippen LogP contribution < -0.4 is 9.46 Å². The monoisotopic (exact) mass is 464 g/mol. The number of carbonyl (C=O) groups excluding carboxylic acids is 1. The van der Waals surface area contributed by atoms with Crippen molar-refractivity contribution in [2.75, 3.05) is 19.7 Å². The zero-order chi connectivity index (χ0) is 22.3. The standard InChI is InChI=1S/C23H29ClN2O4S/c1-2-30-22-13-12-19(17-20(22)24)31(28,29)25-21(16-18-10-6-5-7-11-18)23(27)26-14-8-3-4-9-15-26/h5-7,10-13,17,21,25H,2-4,8-9,14-16H2,1H3/t21-/m1/s1. The van der Waals surface area contributed by atoms with Gasteiger partial charge in [0.15, 0.2) is 0 Å². The van der Waals surface area contributed by atoms with Gasteiger partial charge in [-0.2, -0.15) is 4.72 Å². The van der Waals surface area contributed by atoms with Crippen LogP contribution in [0.25, 0.3) is 0 Å². The SMILES string of the molecule is CCOc1ccc(S(=O)(=O)N[C@H](Cc2ccccc2)C(=O)N2CCCCCC2)cc1Cl. The van der Waals surface area contributed by atoms with E-state index in [-0.39, 0.29) is 22.2 Å². The summed E-state index contributed by atoms with van der Waals surface area (Å²) in [5.41, 5.74) is 0.892. The molecular formula is C23H29ClN2O4S. The van der Waals surface area contributed by atoms with Gasteiger partial charge in [-0.05, 0) is 49.9 Å². The van der Waals surface area contributed by atoms with Crippen LogP contribution in [0.4, 0.5) is 0 Å². The number of nitrogens with one attached hydrogen (secondary N) is 1. The molecule has 2 aromatic rings. The van der Waals surface area contributed by atoms with E-state index in [1.807, 2.05) is 37.3 Å².